The number of nitrogens with zero attached hydrogens (tertiary/aromatic N) is 5. The minimum absolute atomic E-state index is 0.0177. The minimum Gasteiger partial charge on any atom is -0.497 e. The van der Waals surface area contributed by atoms with Crippen molar-refractivity contribution in [2.24, 2.45) is 0 Å². The van der Waals surface area contributed by atoms with Crippen LogP contribution in [0.25, 0.3) is 0 Å². The van der Waals surface area contributed by atoms with Crippen LogP contribution in [0.2, 0.25) is 5.02 Å². The fourth-order valence-corrected chi connectivity index (χ4v) is 7.46. The lowest BCUT2D eigenvalue weighted by molar-refractivity contribution is -0.135. The molecule has 1 aromatic heterocycles. The molecule has 226 valence electrons. The Morgan fingerprint density at radius 1 is 0.864 bits per heavy atom. The second kappa shape index (κ2) is 12.8. The van der Waals surface area contributed by atoms with Crippen molar-refractivity contribution in [1.82, 2.24) is 14.9 Å². The number of aromatic nitrogens is 2. The van der Waals surface area contributed by atoms with E-state index in [4.69, 9.17) is 21.1 Å². The average Bonchev–Trinajstić information content (AvgIpc) is 3.37. The van der Waals surface area contributed by atoms with Gasteiger partial charge in [-0.2, -0.15) is 0 Å². The van der Waals surface area contributed by atoms with Gasteiger partial charge in [-0.05, 0) is 72.3 Å². The van der Waals surface area contributed by atoms with E-state index >= 15 is 0 Å². The highest BCUT2D eigenvalue weighted by atomic mass is 35.5. The van der Waals surface area contributed by atoms with Crippen LogP contribution in [0.4, 0.5) is 11.6 Å². The first-order valence-electron chi connectivity index (χ1n) is 14.3. The first-order valence-corrected chi connectivity index (χ1v) is 15.5. The smallest absolute Gasteiger partial charge is 0.242 e. The number of anilines is 2. The summed E-state index contributed by atoms with van der Waals surface area (Å²) in [4.78, 5) is 44.5. The normalized spacial score (nSPS) is 20.1. The molecule has 0 aliphatic carbocycles. The maximum atomic E-state index is 15.0. The van der Waals surface area contributed by atoms with E-state index in [0.29, 0.717) is 54.3 Å². The summed E-state index contributed by atoms with van der Waals surface area (Å²) >= 11 is 7.66. The summed E-state index contributed by atoms with van der Waals surface area (Å²) in [6.07, 6.45) is 3.45. The van der Waals surface area contributed by atoms with Crippen molar-refractivity contribution in [2.45, 2.75) is 22.1 Å². The molecule has 44 heavy (non-hydrogen) atoms. The van der Waals surface area contributed by atoms with Crippen LogP contribution in [0.15, 0.2) is 96.2 Å². The van der Waals surface area contributed by atoms with Gasteiger partial charge in [-0.1, -0.05) is 23.7 Å². The van der Waals surface area contributed by atoms with Crippen LogP contribution in [0.1, 0.15) is 18.0 Å². The van der Waals surface area contributed by atoms with Crippen LogP contribution >= 0.6 is 23.4 Å². The summed E-state index contributed by atoms with van der Waals surface area (Å²) < 4.78 is 9.64. The molecule has 2 atom stereocenters. The van der Waals surface area contributed by atoms with Gasteiger partial charge in [0, 0.05) is 54.2 Å². The lowest BCUT2D eigenvalue weighted by Gasteiger charge is -2.42. The second-order valence-corrected chi connectivity index (χ2v) is 12.4. The minimum atomic E-state index is -1.18. The van der Waals surface area contributed by atoms with Gasteiger partial charge in [0.1, 0.15) is 16.2 Å². The van der Waals surface area contributed by atoms with Gasteiger partial charge in [0.15, 0.2) is 0 Å². The predicted octanol–water partition coefficient (Wildman–Crippen LogP) is 5.51. The summed E-state index contributed by atoms with van der Waals surface area (Å²) in [5.41, 5.74) is 1.51. The van der Waals surface area contributed by atoms with Crippen LogP contribution in [0.5, 0.6) is 11.5 Å². The maximum Gasteiger partial charge on any atom is 0.242 e. The Morgan fingerprint density at radius 2 is 1.45 bits per heavy atom. The highest BCUT2D eigenvalue weighted by Gasteiger charge is 2.59. The molecule has 3 aromatic carbocycles. The van der Waals surface area contributed by atoms with Gasteiger partial charge in [0.25, 0.3) is 0 Å². The van der Waals surface area contributed by atoms with Crippen LogP contribution < -0.4 is 19.3 Å². The monoisotopic (exact) mass is 629 g/mol. The number of carbonyl (C=O) groups excluding carboxylic acids is 2. The average molecular weight is 630 g/mol. The third-order valence-corrected chi connectivity index (χ3v) is 9.71. The van der Waals surface area contributed by atoms with Crippen molar-refractivity contribution in [1.29, 1.82) is 0 Å². The standard InChI is InChI=1S/C33H32ClN5O4S/c1-42-26-10-4-23(5-11-26)30-33(44-28-14-12-27(43-2)13-15-28,22-29(40)39(30)25-8-6-24(34)7-9-25)31(41)37-18-20-38(21-19-37)32-35-16-3-17-36-32/h3-17,30H,18-22H2,1-2H3/t30-,33-/m1/s1. The summed E-state index contributed by atoms with van der Waals surface area (Å²) in [7, 11) is 3.23. The Bertz CT molecular complexity index is 1600. The Labute approximate surface area is 265 Å². The Kier molecular flexibility index (Phi) is 8.63. The van der Waals surface area contributed by atoms with E-state index in [9.17, 15) is 9.59 Å². The quantitative estimate of drug-likeness (QED) is 0.252. The molecular weight excluding hydrogens is 598 g/mol. The Hall–Kier alpha value is -4.28. The van der Waals surface area contributed by atoms with Crippen molar-refractivity contribution in [3.8, 4) is 11.5 Å². The zero-order chi connectivity index (χ0) is 30.7. The zero-order valence-corrected chi connectivity index (χ0v) is 26.0. The fourth-order valence-electron chi connectivity index (χ4n) is 5.87. The predicted molar refractivity (Wildman–Crippen MR) is 172 cm³/mol. The molecule has 0 radical (unpaired) electrons. The van der Waals surface area contributed by atoms with E-state index in [-0.39, 0.29) is 18.2 Å². The van der Waals surface area contributed by atoms with Gasteiger partial charge < -0.3 is 24.2 Å². The molecule has 9 nitrogen and oxygen atoms in total. The number of methoxy groups -OCH3 is 2. The molecule has 0 bridgehead atoms. The highest BCUT2D eigenvalue weighted by molar-refractivity contribution is 8.01. The van der Waals surface area contributed by atoms with Gasteiger partial charge in [0.2, 0.25) is 17.8 Å². The third-order valence-electron chi connectivity index (χ3n) is 8.04. The number of halogens is 1. The van der Waals surface area contributed by atoms with Crippen LogP contribution in [-0.2, 0) is 9.59 Å². The first kappa shape index (κ1) is 29.8. The number of ether oxygens (including phenoxy) is 2. The van der Waals surface area contributed by atoms with Crippen LogP contribution in [0.3, 0.4) is 0 Å². The topological polar surface area (TPSA) is 88.1 Å². The molecule has 4 aromatic rings. The Balaban J connectivity index is 1.43. The molecule has 0 spiro atoms. The number of rotatable bonds is 8. The van der Waals surface area contributed by atoms with Crippen molar-refractivity contribution in [2.75, 3.05) is 50.2 Å². The molecule has 0 N–H and O–H groups in total. The number of thioether (sulfide) groups is 1. The maximum absolute atomic E-state index is 15.0. The highest BCUT2D eigenvalue weighted by Crippen LogP contribution is 2.55. The van der Waals surface area contributed by atoms with Crippen molar-refractivity contribution < 1.29 is 19.1 Å². The van der Waals surface area contributed by atoms with Crippen LogP contribution in [0, 0.1) is 0 Å². The van der Waals surface area contributed by atoms with E-state index in [1.807, 2.05) is 65.6 Å². The zero-order valence-electron chi connectivity index (χ0n) is 24.4. The van der Waals surface area contributed by atoms with E-state index in [2.05, 4.69) is 14.9 Å². The van der Waals surface area contributed by atoms with Crippen molar-refractivity contribution in [3.63, 3.8) is 0 Å². The molecule has 2 fully saturated rings. The molecule has 0 unspecified atom stereocenters. The summed E-state index contributed by atoms with van der Waals surface area (Å²) in [6.45, 7) is 2.13. The van der Waals surface area contributed by atoms with E-state index in [1.54, 1.807) is 49.7 Å². The number of hydrogen-bond donors (Lipinski definition) is 0. The Morgan fingerprint density at radius 3 is 2.05 bits per heavy atom. The summed E-state index contributed by atoms with van der Waals surface area (Å²) in [5.74, 6) is 1.82. The number of hydrogen-bond acceptors (Lipinski definition) is 8. The molecule has 2 amide bonds. The van der Waals surface area contributed by atoms with E-state index < -0.39 is 10.8 Å². The van der Waals surface area contributed by atoms with Crippen LogP contribution in [-0.4, -0.2) is 71.8 Å². The molecule has 2 aliphatic heterocycles. The number of benzene rings is 3. The van der Waals surface area contributed by atoms with Gasteiger partial charge in [-0.15, -0.1) is 11.8 Å². The van der Waals surface area contributed by atoms with Gasteiger partial charge >= 0.3 is 0 Å². The molecule has 2 aliphatic rings. The van der Waals surface area contributed by atoms with E-state index in [1.165, 1.54) is 11.8 Å². The first-order chi connectivity index (χ1) is 21.4. The largest absolute Gasteiger partial charge is 0.497 e. The van der Waals surface area contributed by atoms with Gasteiger partial charge in [-0.25, -0.2) is 9.97 Å². The number of piperazine rings is 1. The molecule has 11 heteroatoms. The lowest BCUT2D eigenvalue weighted by atomic mass is 9.90. The molecule has 6 rings (SSSR count). The van der Waals surface area contributed by atoms with Crippen molar-refractivity contribution >= 4 is 46.8 Å². The molecule has 0 saturated carbocycles. The second-order valence-electron chi connectivity index (χ2n) is 10.6. The molecule has 3 heterocycles. The number of carbonyl (C=O) groups is 2. The summed E-state index contributed by atoms with van der Waals surface area (Å²) in [6, 6.07) is 23.6. The van der Waals surface area contributed by atoms with Crippen molar-refractivity contribution in [3.05, 3.63) is 102 Å². The number of amides is 2. The SMILES string of the molecule is COc1ccc(S[C@]2(C(=O)N3CCN(c4ncccn4)CC3)CC(=O)N(c3ccc(Cl)cc3)[C@@H]2c2ccc(OC)cc2)cc1. The van der Waals surface area contributed by atoms with Gasteiger partial charge in [-0.3, -0.25) is 9.59 Å². The lowest BCUT2D eigenvalue weighted by Crippen LogP contribution is -2.56. The van der Waals surface area contributed by atoms with E-state index in [0.717, 1.165) is 10.5 Å². The molecular formula is C33H32ClN5O4S. The molecule has 2 saturated heterocycles. The summed E-state index contributed by atoms with van der Waals surface area (Å²) in [5, 5.41) is 0.566. The fraction of sp³-hybridized carbons (Fsp3) is 0.273. The third kappa shape index (κ3) is 5.79. The van der Waals surface area contributed by atoms with Gasteiger partial charge in [0.05, 0.1) is 26.7 Å².